The number of hydrogen-bond donors (Lipinski definition) is 1. The zero-order valence-corrected chi connectivity index (χ0v) is 16.9. The highest BCUT2D eigenvalue weighted by molar-refractivity contribution is 6.10. The van der Waals surface area contributed by atoms with Gasteiger partial charge in [-0.15, -0.1) is 0 Å². The van der Waals surface area contributed by atoms with E-state index in [4.69, 9.17) is 0 Å². The SMILES string of the molecule is CN(C)CC1(O)CCCN(C(=O)c2ccc(N(C)C)c3ccccc23)CC1. The van der Waals surface area contributed by atoms with Crippen LogP contribution in [0.3, 0.4) is 0 Å². The number of aliphatic hydroxyl groups is 1. The van der Waals surface area contributed by atoms with Gasteiger partial charge in [0.1, 0.15) is 0 Å². The molecule has 27 heavy (non-hydrogen) atoms. The Morgan fingerprint density at radius 3 is 2.41 bits per heavy atom. The summed E-state index contributed by atoms with van der Waals surface area (Å²) in [5.74, 6) is 0.0607. The van der Waals surface area contributed by atoms with E-state index in [1.54, 1.807) is 0 Å². The lowest BCUT2D eigenvalue weighted by molar-refractivity contribution is 0.00305. The van der Waals surface area contributed by atoms with Crippen LogP contribution in [-0.4, -0.2) is 74.2 Å². The van der Waals surface area contributed by atoms with Crippen molar-refractivity contribution in [3.8, 4) is 0 Å². The Kier molecular flexibility index (Phi) is 5.72. The number of rotatable bonds is 4. The predicted octanol–water partition coefficient (Wildman–Crippen LogP) is 2.82. The molecule has 0 aliphatic carbocycles. The molecule has 1 fully saturated rings. The molecule has 5 nitrogen and oxygen atoms in total. The van der Waals surface area contributed by atoms with Crippen molar-refractivity contribution < 1.29 is 9.90 Å². The largest absolute Gasteiger partial charge is 0.388 e. The van der Waals surface area contributed by atoms with Gasteiger partial charge in [0, 0.05) is 50.4 Å². The molecule has 3 rings (SSSR count). The first kappa shape index (κ1) is 19.6. The van der Waals surface area contributed by atoms with Crippen molar-refractivity contribution in [2.24, 2.45) is 0 Å². The number of anilines is 1. The number of likely N-dealkylation sites (N-methyl/N-ethyl adjacent to an activating group) is 1. The summed E-state index contributed by atoms with van der Waals surface area (Å²) in [5.41, 5.74) is 1.14. The first-order valence-electron chi connectivity index (χ1n) is 9.66. The zero-order valence-electron chi connectivity index (χ0n) is 16.9. The van der Waals surface area contributed by atoms with Crippen LogP contribution in [0.2, 0.25) is 0 Å². The lowest BCUT2D eigenvalue weighted by Crippen LogP contribution is -2.41. The molecule has 1 atom stereocenters. The summed E-state index contributed by atoms with van der Waals surface area (Å²) >= 11 is 0. The Hall–Kier alpha value is -2.11. The van der Waals surface area contributed by atoms with Gasteiger partial charge in [0.05, 0.1) is 5.60 Å². The van der Waals surface area contributed by atoms with E-state index in [0.29, 0.717) is 26.1 Å². The van der Waals surface area contributed by atoms with Crippen LogP contribution in [0.25, 0.3) is 10.8 Å². The molecule has 0 bridgehead atoms. The lowest BCUT2D eigenvalue weighted by Gasteiger charge is -2.30. The maximum absolute atomic E-state index is 13.3. The highest BCUT2D eigenvalue weighted by atomic mass is 16.3. The number of likely N-dealkylation sites (tertiary alicyclic amines) is 1. The van der Waals surface area contributed by atoms with Crippen LogP contribution in [-0.2, 0) is 0 Å². The van der Waals surface area contributed by atoms with Crippen molar-refractivity contribution in [1.29, 1.82) is 0 Å². The molecule has 1 aliphatic rings. The van der Waals surface area contributed by atoms with Gasteiger partial charge in [-0.1, -0.05) is 24.3 Å². The van der Waals surface area contributed by atoms with E-state index in [2.05, 4.69) is 11.0 Å². The molecular weight excluding hydrogens is 338 g/mol. The van der Waals surface area contributed by atoms with Crippen LogP contribution >= 0.6 is 0 Å². The average molecular weight is 370 g/mol. The summed E-state index contributed by atoms with van der Waals surface area (Å²) in [6.07, 6.45) is 2.17. The van der Waals surface area contributed by atoms with Gasteiger partial charge in [-0.3, -0.25) is 4.79 Å². The molecule has 2 aromatic carbocycles. The van der Waals surface area contributed by atoms with Crippen molar-refractivity contribution in [1.82, 2.24) is 9.80 Å². The smallest absolute Gasteiger partial charge is 0.254 e. The van der Waals surface area contributed by atoms with E-state index < -0.39 is 5.60 Å². The summed E-state index contributed by atoms with van der Waals surface area (Å²) in [7, 11) is 7.99. The van der Waals surface area contributed by atoms with Crippen LogP contribution in [0, 0.1) is 0 Å². The zero-order chi connectivity index (χ0) is 19.6. The van der Waals surface area contributed by atoms with E-state index in [0.717, 1.165) is 34.9 Å². The van der Waals surface area contributed by atoms with Gasteiger partial charge in [-0.2, -0.15) is 0 Å². The Balaban J connectivity index is 1.87. The molecule has 1 N–H and O–H groups in total. The number of benzene rings is 2. The molecule has 1 amide bonds. The number of hydrogen-bond acceptors (Lipinski definition) is 4. The third-order valence-corrected chi connectivity index (χ3v) is 5.43. The quantitative estimate of drug-likeness (QED) is 0.900. The first-order valence-corrected chi connectivity index (χ1v) is 9.66. The molecule has 0 radical (unpaired) electrons. The molecule has 0 aromatic heterocycles. The van der Waals surface area contributed by atoms with Gasteiger partial charge in [-0.25, -0.2) is 0 Å². The van der Waals surface area contributed by atoms with Crippen molar-refractivity contribution in [3.63, 3.8) is 0 Å². The maximum atomic E-state index is 13.3. The highest BCUT2D eigenvalue weighted by Gasteiger charge is 2.32. The summed E-state index contributed by atoms with van der Waals surface area (Å²) in [5, 5.41) is 13.0. The van der Waals surface area contributed by atoms with E-state index in [9.17, 15) is 9.90 Å². The summed E-state index contributed by atoms with van der Waals surface area (Å²) < 4.78 is 0. The predicted molar refractivity (Wildman–Crippen MR) is 112 cm³/mol. The molecule has 1 unspecified atom stereocenters. The van der Waals surface area contributed by atoms with Gasteiger partial charge in [0.25, 0.3) is 5.91 Å². The fraction of sp³-hybridized carbons (Fsp3) is 0.500. The molecule has 0 spiro atoms. The van der Waals surface area contributed by atoms with Crippen LogP contribution in [0.4, 0.5) is 5.69 Å². The van der Waals surface area contributed by atoms with Gasteiger partial charge in [0.15, 0.2) is 0 Å². The molecule has 146 valence electrons. The third kappa shape index (κ3) is 4.25. The minimum Gasteiger partial charge on any atom is -0.388 e. The van der Waals surface area contributed by atoms with E-state index in [1.807, 2.05) is 68.3 Å². The average Bonchev–Trinajstić information content (AvgIpc) is 2.81. The molecular formula is C22H31N3O2. The Morgan fingerprint density at radius 2 is 1.74 bits per heavy atom. The number of amides is 1. The fourth-order valence-electron chi connectivity index (χ4n) is 4.16. The number of carbonyl (C=O) groups excluding carboxylic acids is 1. The van der Waals surface area contributed by atoms with Crippen LogP contribution in [0.5, 0.6) is 0 Å². The molecule has 5 heteroatoms. The van der Waals surface area contributed by atoms with Gasteiger partial charge < -0.3 is 19.8 Å². The minimum atomic E-state index is -0.713. The molecule has 1 saturated heterocycles. The van der Waals surface area contributed by atoms with E-state index in [1.165, 1.54) is 0 Å². The maximum Gasteiger partial charge on any atom is 0.254 e. The second-order valence-electron chi connectivity index (χ2n) is 8.18. The third-order valence-electron chi connectivity index (χ3n) is 5.43. The Labute approximate surface area is 162 Å². The van der Waals surface area contributed by atoms with Gasteiger partial charge >= 0.3 is 0 Å². The summed E-state index contributed by atoms with van der Waals surface area (Å²) in [6.45, 7) is 1.92. The topological polar surface area (TPSA) is 47.0 Å². The molecule has 1 heterocycles. The van der Waals surface area contributed by atoms with E-state index in [-0.39, 0.29) is 5.91 Å². The van der Waals surface area contributed by atoms with Crippen molar-refractivity contribution in [3.05, 3.63) is 42.0 Å². The normalized spacial score (nSPS) is 20.7. The summed E-state index contributed by atoms with van der Waals surface area (Å²) in [6, 6.07) is 12.1. The van der Waals surface area contributed by atoms with Crippen molar-refractivity contribution in [2.45, 2.75) is 24.9 Å². The monoisotopic (exact) mass is 369 g/mol. The van der Waals surface area contributed by atoms with Crippen LogP contribution in [0.1, 0.15) is 29.6 Å². The number of fused-ring (bicyclic) bond motifs is 1. The highest BCUT2D eigenvalue weighted by Crippen LogP contribution is 2.30. The van der Waals surface area contributed by atoms with E-state index >= 15 is 0 Å². The molecule has 2 aromatic rings. The van der Waals surface area contributed by atoms with Crippen LogP contribution in [0.15, 0.2) is 36.4 Å². The summed E-state index contributed by atoms with van der Waals surface area (Å²) in [4.78, 5) is 19.3. The first-order chi connectivity index (χ1) is 12.8. The second-order valence-corrected chi connectivity index (χ2v) is 8.18. The second kappa shape index (κ2) is 7.87. The van der Waals surface area contributed by atoms with Gasteiger partial charge in [-0.05, 0) is 50.9 Å². The Morgan fingerprint density at radius 1 is 1.04 bits per heavy atom. The molecule has 0 saturated carbocycles. The standard InChI is InChI=1S/C22H31N3O2/c1-23(2)16-22(27)12-7-14-25(15-13-22)21(26)19-10-11-20(24(3)4)18-9-6-5-8-17(18)19/h5-6,8-11,27H,7,12-16H2,1-4H3. The lowest BCUT2D eigenvalue weighted by atomic mass is 9.94. The van der Waals surface area contributed by atoms with Crippen molar-refractivity contribution in [2.75, 3.05) is 52.7 Å². The number of carbonyl (C=O) groups is 1. The van der Waals surface area contributed by atoms with Gasteiger partial charge in [0.2, 0.25) is 0 Å². The number of nitrogens with zero attached hydrogens (tertiary/aromatic N) is 3. The van der Waals surface area contributed by atoms with Crippen LogP contribution < -0.4 is 4.90 Å². The Bertz CT molecular complexity index is 818. The molecule has 1 aliphatic heterocycles. The fourth-order valence-corrected chi connectivity index (χ4v) is 4.16. The minimum absolute atomic E-state index is 0.0607. The van der Waals surface area contributed by atoms with Crippen molar-refractivity contribution >= 4 is 22.4 Å².